The van der Waals surface area contributed by atoms with Crippen LogP contribution in [0, 0.1) is 6.92 Å². The Morgan fingerprint density at radius 2 is 1.51 bits per heavy atom. The summed E-state index contributed by atoms with van der Waals surface area (Å²) in [5.74, 6) is 1.82. The van der Waals surface area contributed by atoms with Gasteiger partial charge >= 0.3 is 11.9 Å². The molecular weight excluding hydrogens is 1070 g/mol. The average Bonchev–Trinajstić information content (AvgIpc) is 2.20. The Morgan fingerprint density at radius 1 is 0.841 bits per heavy atom. The number of piperazine rings is 1. The molecule has 0 saturated carbocycles. The first kappa shape index (κ1) is 59.7. The number of aliphatic imine (C=N–C) groups is 1. The van der Waals surface area contributed by atoms with E-state index in [2.05, 4.69) is 74.2 Å². The van der Waals surface area contributed by atoms with Gasteiger partial charge in [-0.05, 0) is 132 Å². The number of aromatic nitrogens is 3. The monoisotopic (exact) mass is 1150 g/mol. The molecule has 18 heteroatoms. The number of urea groups is 1. The number of halogens is 2. The number of carbonyl (C=O) groups excluding carboxylic acids is 3. The van der Waals surface area contributed by atoms with Crippen LogP contribution in [0.2, 0.25) is 10.0 Å². The summed E-state index contributed by atoms with van der Waals surface area (Å²) in [7, 11) is 0. The Balaban J connectivity index is 0.774. The molecule has 9 rings (SSSR count). The minimum absolute atomic E-state index is 0.0619. The number of anilines is 1. The maximum absolute atomic E-state index is 15.6. The Bertz CT molecular complexity index is 3320. The molecule has 0 spiro atoms. The molecule has 6 aromatic rings. The summed E-state index contributed by atoms with van der Waals surface area (Å²) >= 11 is 13.0. The second-order valence-electron chi connectivity index (χ2n) is 23.5. The predicted octanol–water partition coefficient (Wildman–Crippen LogP) is 13.1. The number of benzene rings is 4. The summed E-state index contributed by atoms with van der Waals surface area (Å²) < 4.78 is 15.2. The highest BCUT2D eigenvalue weighted by molar-refractivity contribution is 6.30. The lowest BCUT2D eigenvalue weighted by Gasteiger charge is -2.47. The van der Waals surface area contributed by atoms with Gasteiger partial charge in [-0.15, -0.1) is 0 Å². The number of hydrogen-bond acceptors (Lipinski definition) is 10. The van der Waals surface area contributed by atoms with Crippen LogP contribution in [-0.2, 0) is 21.3 Å². The van der Waals surface area contributed by atoms with Crippen LogP contribution in [0.5, 0.6) is 11.5 Å². The number of ether oxygens (including phenoxy) is 2. The number of nitrogens with zero attached hydrogens (tertiary/aromatic N) is 10. The van der Waals surface area contributed by atoms with E-state index in [1.807, 2.05) is 104 Å². The van der Waals surface area contributed by atoms with E-state index < -0.39 is 17.2 Å². The molecular formula is C64H79Cl2N11O5. The molecule has 0 radical (unpaired) electrons. The first-order valence-corrected chi connectivity index (χ1v) is 29.8. The number of hydrogen-bond donors (Lipinski definition) is 1. The zero-order valence-corrected chi connectivity index (χ0v) is 50.6. The fourth-order valence-electron chi connectivity index (χ4n) is 11.6. The SMILES string of the molecule is CCOc1cc(C(C)(C)C)ccc1C1=N[C@](C)(c2ccc(Cl)cc2)[C@](C)(c2ccc(Cl)cc2)N1C(=O)N1CCN(CCCCCCCCC(=O)[N+](=[N-])CCN2C[C@H](C)Oc3ccc(C)cc3[C@@H](C)Nc3ccn4ncc(c4n3)C2=O)CC1. The number of amidine groups is 1. The fourth-order valence-corrected chi connectivity index (χ4v) is 11.9. The molecule has 16 nitrogen and oxygen atoms in total. The molecule has 3 aliphatic heterocycles. The van der Waals surface area contributed by atoms with Crippen LogP contribution in [0.3, 0.4) is 0 Å². The van der Waals surface area contributed by atoms with E-state index in [4.69, 9.17) is 42.7 Å². The molecule has 434 valence electrons. The number of rotatable bonds is 17. The molecule has 82 heavy (non-hydrogen) atoms. The van der Waals surface area contributed by atoms with Gasteiger partial charge in [-0.25, -0.2) is 19.1 Å². The van der Waals surface area contributed by atoms with Gasteiger partial charge in [-0.3, -0.25) is 24.3 Å². The third-order valence-electron chi connectivity index (χ3n) is 16.6. The Kier molecular flexibility index (Phi) is 18.4. The van der Waals surface area contributed by atoms with Crippen molar-refractivity contribution in [2.75, 3.05) is 64.3 Å². The quantitative estimate of drug-likeness (QED) is 0.0532. The maximum Gasteiger partial charge on any atom is 0.376 e. The first-order chi connectivity index (χ1) is 39.2. The molecule has 0 aliphatic carbocycles. The van der Waals surface area contributed by atoms with Crippen molar-refractivity contribution in [3.8, 4) is 11.5 Å². The zero-order chi connectivity index (χ0) is 58.5. The molecule has 1 saturated heterocycles. The van der Waals surface area contributed by atoms with Crippen LogP contribution in [0.25, 0.3) is 11.2 Å². The summed E-state index contributed by atoms with van der Waals surface area (Å²) in [5.41, 5.74) is 15.3. The van der Waals surface area contributed by atoms with Crippen LogP contribution in [-0.4, -0.2) is 128 Å². The van der Waals surface area contributed by atoms with Crippen molar-refractivity contribution < 1.29 is 28.6 Å². The third kappa shape index (κ3) is 12.8. The number of amides is 4. The lowest BCUT2D eigenvalue weighted by atomic mass is 9.71. The zero-order valence-electron chi connectivity index (χ0n) is 49.1. The Labute approximate surface area is 493 Å². The number of nitrogens with one attached hydrogen (secondary N) is 1. The summed E-state index contributed by atoms with van der Waals surface area (Å²) in [6, 6.07) is 29.4. The van der Waals surface area contributed by atoms with Crippen molar-refractivity contribution >= 4 is 58.3 Å². The highest BCUT2D eigenvalue weighted by Crippen LogP contribution is 2.54. The van der Waals surface area contributed by atoms with Crippen LogP contribution in [0.4, 0.5) is 10.6 Å². The summed E-state index contributed by atoms with van der Waals surface area (Å²) in [4.78, 5) is 61.3. The summed E-state index contributed by atoms with van der Waals surface area (Å²) in [6.07, 6.45) is 8.64. The van der Waals surface area contributed by atoms with Crippen LogP contribution < -0.4 is 14.8 Å². The first-order valence-electron chi connectivity index (χ1n) is 29.1. The standard InChI is InChI=1S/C64H79Cl2N11O5/c1-10-81-55-40-48(62(5,6)7)23-28-51(55)59-71-63(8,46-19-24-49(65)25-20-46)64(9,47-21-26-50(66)27-22-47)77(59)61(80)73-35-33-72(34-36-73)31-16-14-12-11-13-15-17-57(78)75(67)38-37-74-42-44(3)82-54-29-18-43(2)39-52(54)45(4)69-56-30-32-76-58(70-56)53(41-68-76)60(74)79/h18-30,32,39-41,44-45H,10-17,31,33-38,42H2,1-9H3,(H,69,70)/t44-,45+,63+,64-/m0/s1. The van der Waals surface area contributed by atoms with Gasteiger partial charge < -0.3 is 30.1 Å². The normalized spacial score (nSPS) is 20.6. The van der Waals surface area contributed by atoms with Gasteiger partial charge in [-0.1, -0.05) is 118 Å². The van der Waals surface area contributed by atoms with Gasteiger partial charge in [0.2, 0.25) is 0 Å². The van der Waals surface area contributed by atoms with Crippen molar-refractivity contribution in [3.05, 3.63) is 158 Å². The molecule has 3 aliphatic rings. The topological polar surface area (TPSA) is 163 Å². The van der Waals surface area contributed by atoms with Crippen molar-refractivity contribution in [1.29, 1.82) is 0 Å². The van der Waals surface area contributed by atoms with Crippen molar-refractivity contribution in [2.24, 2.45) is 4.99 Å². The van der Waals surface area contributed by atoms with Crippen molar-refractivity contribution in [1.82, 2.24) is 34.2 Å². The molecule has 4 atom stereocenters. The van der Waals surface area contributed by atoms with Crippen molar-refractivity contribution in [2.45, 2.75) is 136 Å². The van der Waals surface area contributed by atoms with Gasteiger partial charge in [-0.2, -0.15) is 5.10 Å². The molecule has 4 aromatic carbocycles. The predicted molar refractivity (Wildman–Crippen MR) is 324 cm³/mol. The molecule has 4 amide bonds. The largest absolute Gasteiger partial charge is 0.497 e. The molecule has 2 aromatic heterocycles. The molecule has 2 bridgehead atoms. The smallest absolute Gasteiger partial charge is 0.376 e. The molecule has 0 unspecified atom stereocenters. The molecule has 5 heterocycles. The van der Waals surface area contributed by atoms with E-state index in [1.165, 1.54) is 6.20 Å². The van der Waals surface area contributed by atoms with E-state index in [-0.39, 0.29) is 55.4 Å². The van der Waals surface area contributed by atoms with Crippen LogP contribution in [0.15, 0.2) is 108 Å². The van der Waals surface area contributed by atoms with Crippen molar-refractivity contribution in [3.63, 3.8) is 0 Å². The Hall–Kier alpha value is -6.88. The van der Waals surface area contributed by atoms with E-state index in [0.29, 0.717) is 70.5 Å². The van der Waals surface area contributed by atoms with Gasteiger partial charge in [0.15, 0.2) is 12.2 Å². The van der Waals surface area contributed by atoms with E-state index in [0.717, 1.165) is 89.8 Å². The minimum atomic E-state index is -1.01. The third-order valence-corrected chi connectivity index (χ3v) is 17.1. The molecule has 1 fully saturated rings. The minimum Gasteiger partial charge on any atom is -0.497 e. The maximum atomic E-state index is 15.6. The van der Waals surface area contributed by atoms with Crippen LogP contribution in [0.1, 0.15) is 150 Å². The average molecular weight is 1150 g/mol. The van der Waals surface area contributed by atoms with Gasteiger partial charge in [0.25, 0.3) is 5.91 Å². The summed E-state index contributed by atoms with van der Waals surface area (Å²) in [5, 5.41) is 9.06. The number of unbranched alkanes of at least 4 members (excludes halogenated alkanes) is 5. The Morgan fingerprint density at radius 3 is 2.20 bits per heavy atom. The highest BCUT2D eigenvalue weighted by Gasteiger charge is 2.60. The number of aryl methyl sites for hydroxylation is 1. The van der Waals surface area contributed by atoms with Gasteiger partial charge in [0.1, 0.15) is 45.9 Å². The number of carbonyl (C=O) groups is 3. The number of fused-ring (bicyclic) bond motifs is 2. The second kappa shape index (κ2) is 25.3. The lowest BCUT2D eigenvalue weighted by molar-refractivity contribution is -0.469. The molecule has 1 N–H and O–H groups in total. The van der Waals surface area contributed by atoms with Crippen LogP contribution >= 0.6 is 23.2 Å². The lowest BCUT2D eigenvalue weighted by Crippen LogP contribution is -2.60. The van der Waals surface area contributed by atoms with E-state index in [9.17, 15) is 15.1 Å². The highest BCUT2D eigenvalue weighted by atomic mass is 35.5. The van der Waals surface area contributed by atoms with E-state index >= 15 is 4.79 Å². The van der Waals surface area contributed by atoms with Gasteiger partial charge in [0.05, 0.1) is 43.9 Å². The summed E-state index contributed by atoms with van der Waals surface area (Å²) in [6.45, 7) is 22.9. The van der Waals surface area contributed by atoms with E-state index in [1.54, 1.807) is 15.6 Å². The van der Waals surface area contributed by atoms with Gasteiger partial charge in [0, 0.05) is 48.0 Å². The fraction of sp³-hybridized carbons (Fsp3) is 0.469. The second-order valence-corrected chi connectivity index (χ2v) is 24.4.